The molecule has 0 atom stereocenters. The van der Waals surface area contributed by atoms with Gasteiger partial charge in [0.15, 0.2) is 16.6 Å². The molecule has 0 spiro atoms. The number of nitrogens with zero attached hydrogens (tertiary/aromatic N) is 4. The van der Waals surface area contributed by atoms with Crippen molar-refractivity contribution in [2.24, 2.45) is 0 Å². The van der Waals surface area contributed by atoms with E-state index in [4.69, 9.17) is 10.5 Å². The Morgan fingerprint density at radius 3 is 3.00 bits per heavy atom. The van der Waals surface area contributed by atoms with Crippen LogP contribution < -0.4 is 5.73 Å². The molecule has 0 aliphatic heterocycles. The standard InChI is InChI=1S/C12H17N5O2S/c1-3-6-20-12-15-10(13)9-11(16-12)17(7-14-9)4-5-19-8(2)18/h7H,3-6H2,1-2H3,(H2,13,15,16). The number of hydrogen-bond donors (Lipinski definition) is 1. The SMILES string of the molecule is CCCSc1nc(N)c2ncn(CCOC(C)=O)c2n1. The first-order chi connectivity index (χ1) is 9.61. The normalized spacial score (nSPS) is 10.9. The second-order valence-corrected chi connectivity index (χ2v) is 5.25. The van der Waals surface area contributed by atoms with Crippen molar-refractivity contribution in [2.45, 2.75) is 32.0 Å². The highest BCUT2D eigenvalue weighted by molar-refractivity contribution is 7.99. The first-order valence-corrected chi connectivity index (χ1v) is 7.35. The summed E-state index contributed by atoms with van der Waals surface area (Å²) < 4.78 is 6.73. The molecule has 2 aromatic rings. The second-order valence-electron chi connectivity index (χ2n) is 4.19. The molecule has 2 heterocycles. The predicted octanol–water partition coefficient (Wildman–Crippen LogP) is 1.47. The summed E-state index contributed by atoms with van der Waals surface area (Å²) in [6.45, 7) is 4.25. The number of nitrogen functional groups attached to an aromatic ring is 1. The number of thioether (sulfide) groups is 1. The number of imidazole rings is 1. The van der Waals surface area contributed by atoms with E-state index in [-0.39, 0.29) is 12.6 Å². The fraction of sp³-hybridized carbons (Fsp3) is 0.500. The number of anilines is 1. The highest BCUT2D eigenvalue weighted by Crippen LogP contribution is 2.21. The van der Waals surface area contributed by atoms with Crippen LogP contribution in [0.3, 0.4) is 0 Å². The smallest absolute Gasteiger partial charge is 0.302 e. The topological polar surface area (TPSA) is 95.9 Å². The summed E-state index contributed by atoms with van der Waals surface area (Å²) in [4.78, 5) is 23.7. The van der Waals surface area contributed by atoms with Crippen molar-refractivity contribution in [3.63, 3.8) is 0 Å². The first-order valence-electron chi connectivity index (χ1n) is 6.36. The van der Waals surface area contributed by atoms with Gasteiger partial charge in [0.1, 0.15) is 12.1 Å². The van der Waals surface area contributed by atoms with E-state index < -0.39 is 0 Å². The Hall–Kier alpha value is -1.83. The van der Waals surface area contributed by atoms with E-state index in [1.165, 1.54) is 6.92 Å². The molecule has 2 aromatic heterocycles. The molecule has 0 aliphatic rings. The molecule has 0 unspecified atom stereocenters. The van der Waals surface area contributed by atoms with E-state index >= 15 is 0 Å². The van der Waals surface area contributed by atoms with Gasteiger partial charge in [0.25, 0.3) is 0 Å². The van der Waals surface area contributed by atoms with Crippen LogP contribution in [0.1, 0.15) is 20.3 Å². The van der Waals surface area contributed by atoms with E-state index in [1.807, 2.05) is 4.57 Å². The van der Waals surface area contributed by atoms with Gasteiger partial charge in [-0.3, -0.25) is 4.79 Å². The molecule has 0 fully saturated rings. The molecule has 0 aliphatic carbocycles. The number of rotatable bonds is 6. The zero-order valence-corrected chi connectivity index (χ0v) is 12.3. The van der Waals surface area contributed by atoms with E-state index in [9.17, 15) is 4.79 Å². The Kier molecular flexibility index (Phi) is 4.78. The minimum Gasteiger partial charge on any atom is -0.464 e. The van der Waals surface area contributed by atoms with Crippen LogP contribution in [0.15, 0.2) is 11.5 Å². The fourth-order valence-electron chi connectivity index (χ4n) is 1.65. The average Bonchev–Trinajstić information content (AvgIpc) is 2.80. The number of ether oxygens (including phenoxy) is 1. The summed E-state index contributed by atoms with van der Waals surface area (Å²) in [6.07, 6.45) is 2.67. The maximum atomic E-state index is 10.8. The van der Waals surface area contributed by atoms with Gasteiger partial charge in [0, 0.05) is 12.7 Å². The maximum absolute atomic E-state index is 10.8. The summed E-state index contributed by atoms with van der Waals surface area (Å²) in [5, 5.41) is 0.645. The van der Waals surface area contributed by atoms with Crippen LogP contribution in [-0.4, -0.2) is 37.8 Å². The minimum absolute atomic E-state index is 0.280. The molecular formula is C12H17N5O2S. The number of aromatic nitrogens is 4. The number of hydrogen-bond acceptors (Lipinski definition) is 7. The van der Waals surface area contributed by atoms with Crippen LogP contribution >= 0.6 is 11.8 Å². The third kappa shape index (κ3) is 3.38. The molecule has 2 rings (SSSR count). The molecule has 7 nitrogen and oxygen atoms in total. The molecule has 8 heteroatoms. The zero-order valence-electron chi connectivity index (χ0n) is 11.5. The lowest BCUT2D eigenvalue weighted by molar-refractivity contribution is -0.141. The lowest BCUT2D eigenvalue weighted by Gasteiger charge is -2.05. The lowest BCUT2D eigenvalue weighted by atomic mass is 10.5. The number of carbonyl (C=O) groups is 1. The molecule has 20 heavy (non-hydrogen) atoms. The highest BCUT2D eigenvalue weighted by Gasteiger charge is 2.11. The summed E-state index contributed by atoms with van der Waals surface area (Å²) in [6, 6.07) is 0. The van der Waals surface area contributed by atoms with Gasteiger partial charge in [-0.25, -0.2) is 15.0 Å². The Bertz CT molecular complexity index is 613. The monoisotopic (exact) mass is 295 g/mol. The second kappa shape index (κ2) is 6.56. The average molecular weight is 295 g/mol. The van der Waals surface area contributed by atoms with E-state index in [0.717, 1.165) is 12.2 Å². The molecule has 0 bridgehead atoms. The third-order valence-corrected chi connectivity index (χ3v) is 3.60. The first kappa shape index (κ1) is 14.6. The van der Waals surface area contributed by atoms with Crippen molar-refractivity contribution in [3.05, 3.63) is 6.33 Å². The molecule has 0 saturated carbocycles. The summed E-state index contributed by atoms with van der Waals surface area (Å²) in [5.74, 6) is 1.01. The van der Waals surface area contributed by atoms with Crippen LogP contribution in [0.2, 0.25) is 0 Å². The van der Waals surface area contributed by atoms with E-state index in [1.54, 1.807) is 18.1 Å². The molecular weight excluding hydrogens is 278 g/mol. The van der Waals surface area contributed by atoms with Gasteiger partial charge in [-0.2, -0.15) is 0 Å². The van der Waals surface area contributed by atoms with Gasteiger partial charge in [-0.05, 0) is 6.42 Å². The highest BCUT2D eigenvalue weighted by atomic mass is 32.2. The maximum Gasteiger partial charge on any atom is 0.302 e. The molecule has 0 saturated heterocycles. The van der Waals surface area contributed by atoms with Crippen molar-refractivity contribution in [3.8, 4) is 0 Å². The number of nitrogens with two attached hydrogens (primary N) is 1. The Balaban J connectivity index is 2.22. The van der Waals surface area contributed by atoms with Crippen molar-refractivity contribution < 1.29 is 9.53 Å². The zero-order chi connectivity index (χ0) is 14.5. The Morgan fingerprint density at radius 2 is 2.30 bits per heavy atom. The molecule has 0 amide bonds. The summed E-state index contributed by atoms with van der Waals surface area (Å²) in [5.41, 5.74) is 7.14. The van der Waals surface area contributed by atoms with Crippen LogP contribution in [0, 0.1) is 0 Å². The minimum atomic E-state index is -0.303. The quantitative estimate of drug-likeness (QED) is 0.489. The third-order valence-electron chi connectivity index (χ3n) is 2.54. The van der Waals surface area contributed by atoms with Gasteiger partial charge < -0.3 is 15.0 Å². The van der Waals surface area contributed by atoms with Crippen molar-refractivity contribution >= 4 is 34.7 Å². The van der Waals surface area contributed by atoms with Crippen molar-refractivity contribution in [1.29, 1.82) is 0 Å². The van der Waals surface area contributed by atoms with Crippen molar-refractivity contribution in [2.75, 3.05) is 18.1 Å². The molecule has 2 N–H and O–H groups in total. The van der Waals surface area contributed by atoms with Crippen LogP contribution in [0.25, 0.3) is 11.2 Å². The largest absolute Gasteiger partial charge is 0.464 e. The van der Waals surface area contributed by atoms with Gasteiger partial charge in [0.05, 0.1) is 12.9 Å². The van der Waals surface area contributed by atoms with Gasteiger partial charge in [-0.15, -0.1) is 0 Å². The fourth-order valence-corrected chi connectivity index (χ4v) is 2.36. The van der Waals surface area contributed by atoms with Crippen LogP contribution in [0.5, 0.6) is 0 Å². The van der Waals surface area contributed by atoms with Crippen molar-refractivity contribution in [1.82, 2.24) is 19.5 Å². The predicted molar refractivity (Wildman–Crippen MR) is 77.4 cm³/mol. The molecule has 0 aromatic carbocycles. The van der Waals surface area contributed by atoms with Gasteiger partial charge in [-0.1, -0.05) is 18.7 Å². The van der Waals surface area contributed by atoms with E-state index in [2.05, 4.69) is 21.9 Å². The molecule has 108 valence electrons. The van der Waals surface area contributed by atoms with Gasteiger partial charge >= 0.3 is 5.97 Å². The van der Waals surface area contributed by atoms with Crippen LogP contribution in [0.4, 0.5) is 5.82 Å². The Morgan fingerprint density at radius 1 is 1.50 bits per heavy atom. The number of esters is 1. The van der Waals surface area contributed by atoms with E-state index in [0.29, 0.717) is 28.7 Å². The number of carbonyl (C=O) groups excluding carboxylic acids is 1. The number of fused-ring (bicyclic) bond motifs is 1. The summed E-state index contributed by atoms with van der Waals surface area (Å²) in [7, 11) is 0. The van der Waals surface area contributed by atoms with Crippen LogP contribution in [-0.2, 0) is 16.1 Å². The summed E-state index contributed by atoms with van der Waals surface area (Å²) >= 11 is 1.56. The lowest BCUT2D eigenvalue weighted by Crippen LogP contribution is -2.09. The molecule has 0 radical (unpaired) electrons. The Labute approximate surface area is 120 Å². The van der Waals surface area contributed by atoms with Gasteiger partial charge in [0.2, 0.25) is 0 Å².